The topological polar surface area (TPSA) is 96.3 Å². The average Bonchev–Trinajstić information content (AvgIpc) is 3.37. The Morgan fingerprint density at radius 1 is 1.29 bits per heavy atom. The summed E-state index contributed by atoms with van der Waals surface area (Å²) in [7, 11) is -2.19. The Labute approximate surface area is 170 Å². The van der Waals surface area contributed by atoms with E-state index in [9.17, 15) is 13.2 Å². The molecule has 2 N–H and O–H groups in total. The first kappa shape index (κ1) is 20.8. The van der Waals surface area contributed by atoms with Gasteiger partial charge in [0.05, 0.1) is 4.90 Å². The third-order valence-electron chi connectivity index (χ3n) is 5.55. The van der Waals surface area contributed by atoms with E-state index in [4.69, 9.17) is 0 Å². The van der Waals surface area contributed by atoms with Crippen LogP contribution in [0.5, 0.6) is 0 Å². The summed E-state index contributed by atoms with van der Waals surface area (Å²) < 4.78 is 28.5. The summed E-state index contributed by atoms with van der Waals surface area (Å²) in [6.45, 7) is 2.02. The second kappa shape index (κ2) is 7.82. The fraction of sp³-hybridized carbons (Fsp3) is 0.444. The molecule has 1 fully saturated rings. The third-order valence-corrected chi connectivity index (χ3v) is 6.96. The standard InChI is InChI=1S/C18H23N5O3S.ClH/c1-19-27(25,26)15-4-3-14-5-12-22(16(14)13-15)17(24)18(6-9-20-10-7-18)23-11-2-8-21-23;/h2-4,8,11,13,19-20H,5-7,9-10,12H2,1H3;1H. The van der Waals surface area contributed by atoms with Crippen LogP contribution in [-0.2, 0) is 26.8 Å². The van der Waals surface area contributed by atoms with E-state index >= 15 is 0 Å². The predicted octanol–water partition coefficient (Wildman–Crippen LogP) is 0.881. The van der Waals surface area contributed by atoms with E-state index in [0.29, 0.717) is 31.5 Å². The van der Waals surface area contributed by atoms with Crippen molar-refractivity contribution in [1.29, 1.82) is 0 Å². The van der Waals surface area contributed by atoms with Crippen LogP contribution in [0.25, 0.3) is 0 Å². The van der Waals surface area contributed by atoms with E-state index in [1.165, 1.54) is 7.05 Å². The van der Waals surface area contributed by atoms with Crippen molar-refractivity contribution >= 4 is 34.0 Å². The summed E-state index contributed by atoms with van der Waals surface area (Å²) in [5.74, 6) is -0.0227. The van der Waals surface area contributed by atoms with Crippen LogP contribution in [0.15, 0.2) is 41.6 Å². The molecule has 0 aliphatic carbocycles. The largest absolute Gasteiger partial charge is 0.317 e. The predicted molar refractivity (Wildman–Crippen MR) is 108 cm³/mol. The highest BCUT2D eigenvalue weighted by Gasteiger charge is 2.46. The molecule has 0 spiro atoms. The number of amides is 1. The normalized spacial score (nSPS) is 18.4. The van der Waals surface area contributed by atoms with E-state index < -0.39 is 15.6 Å². The number of halogens is 1. The molecule has 10 heteroatoms. The van der Waals surface area contributed by atoms with E-state index in [1.807, 2.05) is 12.3 Å². The molecule has 2 aliphatic heterocycles. The lowest BCUT2D eigenvalue weighted by molar-refractivity contribution is -0.129. The Kier molecular flexibility index (Phi) is 5.81. The monoisotopic (exact) mass is 425 g/mol. The van der Waals surface area contributed by atoms with Crippen LogP contribution < -0.4 is 14.9 Å². The van der Waals surface area contributed by atoms with E-state index in [2.05, 4.69) is 15.1 Å². The number of nitrogens with one attached hydrogen (secondary N) is 2. The molecular formula is C18H24ClN5O3S. The number of aromatic nitrogens is 2. The van der Waals surface area contributed by atoms with Gasteiger partial charge in [0.2, 0.25) is 10.0 Å². The molecule has 0 atom stereocenters. The van der Waals surface area contributed by atoms with Gasteiger partial charge in [-0.2, -0.15) is 5.10 Å². The van der Waals surface area contributed by atoms with Crippen molar-refractivity contribution in [1.82, 2.24) is 19.8 Å². The molecule has 0 saturated carbocycles. The van der Waals surface area contributed by atoms with Gasteiger partial charge in [-0.25, -0.2) is 13.1 Å². The summed E-state index contributed by atoms with van der Waals surface area (Å²) in [6, 6.07) is 6.82. The minimum Gasteiger partial charge on any atom is -0.317 e. The van der Waals surface area contributed by atoms with Gasteiger partial charge >= 0.3 is 0 Å². The van der Waals surface area contributed by atoms with E-state index in [0.717, 1.165) is 18.7 Å². The zero-order valence-corrected chi connectivity index (χ0v) is 17.2. The van der Waals surface area contributed by atoms with Crippen LogP contribution in [-0.4, -0.2) is 50.8 Å². The minimum absolute atomic E-state index is 0. The zero-order valence-electron chi connectivity index (χ0n) is 15.6. The van der Waals surface area contributed by atoms with Gasteiger partial charge < -0.3 is 10.2 Å². The maximum absolute atomic E-state index is 13.7. The third kappa shape index (κ3) is 3.32. The van der Waals surface area contributed by atoms with E-state index in [1.54, 1.807) is 34.0 Å². The maximum atomic E-state index is 13.7. The van der Waals surface area contributed by atoms with Crippen LogP contribution in [0.2, 0.25) is 0 Å². The number of carbonyl (C=O) groups is 1. The second-order valence-electron chi connectivity index (χ2n) is 6.94. The van der Waals surface area contributed by atoms with Crippen LogP contribution >= 0.6 is 12.4 Å². The molecule has 2 aliphatic rings. The molecule has 152 valence electrons. The highest BCUT2D eigenvalue weighted by molar-refractivity contribution is 7.89. The lowest BCUT2D eigenvalue weighted by atomic mass is 9.86. The average molecular weight is 426 g/mol. The van der Waals surface area contributed by atoms with Gasteiger partial charge in [-0.3, -0.25) is 9.48 Å². The fourth-order valence-electron chi connectivity index (χ4n) is 4.01. The van der Waals surface area contributed by atoms with Gasteiger partial charge in [-0.05, 0) is 63.2 Å². The number of sulfonamides is 1. The number of hydrogen-bond acceptors (Lipinski definition) is 5. The maximum Gasteiger partial charge on any atom is 0.255 e. The molecule has 1 aromatic heterocycles. The van der Waals surface area contributed by atoms with Crippen molar-refractivity contribution in [2.45, 2.75) is 29.7 Å². The van der Waals surface area contributed by atoms with Crippen molar-refractivity contribution < 1.29 is 13.2 Å². The second-order valence-corrected chi connectivity index (χ2v) is 8.82. The fourth-order valence-corrected chi connectivity index (χ4v) is 4.76. The number of carbonyl (C=O) groups excluding carboxylic acids is 1. The first-order chi connectivity index (χ1) is 13.0. The first-order valence-electron chi connectivity index (χ1n) is 9.07. The van der Waals surface area contributed by atoms with Crippen molar-refractivity contribution in [3.8, 4) is 0 Å². The zero-order chi connectivity index (χ0) is 19.1. The highest BCUT2D eigenvalue weighted by atomic mass is 35.5. The molecular weight excluding hydrogens is 402 g/mol. The minimum atomic E-state index is -3.57. The number of anilines is 1. The molecule has 3 heterocycles. The van der Waals surface area contributed by atoms with Crippen LogP contribution in [0.3, 0.4) is 0 Å². The molecule has 0 bridgehead atoms. The molecule has 1 amide bonds. The van der Waals surface area contributed by atoms with Gasteiger partial charge in [0.1, 0.15) is 5.54 Å². The molecule has 0 unspecified atom stereocenters. The highest BCUT2D eigenvalue weighted by Crippen LogP contribution is 2.36. The summed E-state index contributed by atoms with van der Waals surface area (Å²) in [4.78, 5) is 15.6. The SMILES string of the molecule is CNS(=O)(=O)c1ccc2c(c1)N(C(=O)C1(n3cccn3)CCNCC1)CC2.Cl. The van der Waals surface area contributed by atoms with E-state index in [-0.39, 0.29) is 23.2 Å². The van der Waals surface area contributed by atoms with Gasteiger partial charge in [-0.15, -0.1) is 12.4 Å². The molecule has 1 aromatic carbocycles. The summed E-state index contributed by atoms with van der Waals surface area (Å²) >= 11 is 0. The van der Waals surface area contributed by atoms with Crippen molar-refractivity contribution in [2.24, 2.45) is 0 Å². The van der Waals surface area contributed by atoms with Crippen LogP contribution in [0.4, 0.5) is 5.69 Å². The summed E-state index contributed by atoms with van der Waals surface area (Å²) in [6.07, 6.45) is 5.53. The number of fused-ring (bicyclic) bond motifs is 1. The quantitative estimate of drug-likeness (QED) is 0.758. The van der Waals surface area contributed by atoms with Gasteiger partial charge in [0.25, 0.3) is 5.91 Å². The van der Waals surface area contributed by atoms with Gasteiger partial charge in [-0.1, -0.05) is 6.07 Å². The van der Waals surface area contributed by atoms with Crippen molar-refractivity contribution in [3.63, 3.8) is 0 Å². The first-order valence-corrected chi connectivity index (χ1v) is 10.6. The molecule has 0 radical (unpaired) electrons. The molecule has 1 saturated heterocycles. The molecule has 8 nitrogen and oxygen atoms in total. The van der Waals surface area contributed by atoms with Crippen molar-refractivity contribution in [3.05, 3.63) is 42.2 Å². The number of benzene rings is 1. The Morgan fingerprint density at radius 3 is 2.68 bits per heavy atom. The summed E-state index contributed by atoms with van der Waals surface area (Å²) in [5, 5.41) is 7.67. The Morgan fingerprint density at radius 2 is 2.04 bits per heavy atom. The van der Waals surface area contributed by atoms with Crippen molar-refractivity contribution in [2.75, 3.05) is 31.6 Å². The Bertz CT molecular complexity index is 956. The van der Waals surface area contributed by atoms with Gasteiger partial charge in [0.15, 0.2) is 0 Å². The number of rotatable bonds is 4. The molecule has 2 aromatic rings. The van der Waals surface area contributed by atoms with Gasteiger partial charge in [0, 0.05) is 24.6 Å². The Hall–Kier alpha value is -1.94. The molecule has 4 rings (SSSR count). The molecule has 28 heavy (non-hydrogen) atoms. The smallest absolute Gasteiger partial charge is 0.255 e. The number of piperidine rings is 1. The lowest BCUT2D eigenvalue weighted by Crippen LogP contribution is -2.55. The number of nitrogens with zero attached hydrogens (tertiary/aromatic N) is 3. The summed E-state index contributed by atoms with van der Waals surface area (Å²) in [5.41, 5.74) is 0.929. The van der Waals surface area contributed by atoms with Crippen LogP contribution in [0.1, 0.15) is 18.4 Å². The number of hydrogen-bond donors (Lipinski definition) is 2. The lowest BCUT2D eigenvalue weighted by Gasteiger charge is -2.39. The Balaban J connectivity index is 0.00000225. The van der Waals surface area contributed by atoms with Crippen LogP contribution in [0, 0.1) is 0 Å².